The van der Waals surface area contributed by atoms with Crippen molar-refractivity contribution in [3.05, 3.63) is 29.8 Å². The Labute approximate surface area is 129 Å². The fourth-order valence-corrected chi connectivity index (χ4v) is 3.05. The van der Waals surface area contributed by atoms with E-state index in [1.54, 1.807) is 12.1 Å². The predicted molar refractivity (Wildman–Crippen MR) is 79.8 cm³/mol. The molecule has 1 heterocycles. The van der Waals surface area contributed by atoms with E-state index < -0.39 is 6.36 Å². The Morgan fingerprint density at radius 3 is 2.05 bits per heavy atom. The van der Waals surface area contributed by atoms with E-state index in [2.05, 4.69) is 35.7 Å². The summed E-state index contributed by atoms with van der Waals surface area (Å²) in [5.74, 6) is -0.177. The minimum absolute atomic E-state index is 0.0102. The molecular formula is C16H23F3N2O. The van der Waals surface area contributed by atoms with Gasteiger partial charge in [0.05, 0.1) is 0 Å². The minimum atomic E-state index is -4.65. The first-order chi connectivity index (χ1) is 10.2. The number of hydrogen-bond donors (Lipinski definition) is 1. The fourth-order valence-electron chi connectivity index (χ4n) is 3.05. The van der Waals surface area contributed by atoms with Crippen LogP contribution in [0.15, 0.2) is 24.3 Å². The van der Waals surface area contributed by atoms with E-state index in [0.29, 0.717) is 0 Å². The van der Waals surface area contributed by atoms with Crippen LogP contribution in [0.1, 0.15) is 32.4 Å². The summed E-state index contributed by atoms with van der Waals surface area (Å²) in [6.45, 7) is 10.2. The molecule has 1 aliphatic rings. The van der Waals surface area contributed by atoms with Gasteiger partial charge in [-0.25, -0.2) is 0 Å². The molecule has 0 radical (unpaired) electrons. The number of nitrogens with zero attached hydrogens (tertiary/aromatic N) is 1. The van der Waals surface area contributed by atoms with Gasteiger partial charge in [0.2, 0.25) is 0 Å². The molecular weight excluding hydrogens is 293 g/mol. The summed E-state index contributed by atoms with van der Waals surface area (Å²) >= 11 is 0. The van der Waals surface area contributed by atoms with Gasteiger partial charge in [-0.15, -0.1) is 13.2 Å². The lowest BCUT2D eigenvalue weighted by molar-refractivity contribution is -0.274. The second-order valence-electron chi connectivity index (χ2n) is 6.67. The number of halogens is 3. The number of piperazine rings is 1. The summed E-state index contributed by atoms with van der Waals surface area (Å²) in [5.41, 5.74) is 1.01. The number of benzene rings is 1. The molecule has 0 saturated carbocycles. The van der Waals surface area contributed by atoms with E-state index in [9.17, 15) is 13.2 Å². The highest BCUT2D eigenvalue weighted by Crippen LogP contribution is 2.38. The average Bonchev–Trinajstić information content (AvgIpc) is 2.39. The van der Waals surface area contributed by atoms with Gasteiger partial charge in [0.25, 0.3) is 0 Å². The molecule has 124 valence electrons. The lowest BCUT2D eigenvalue weighted by atomic mass is 9.81. The van der Waals surface area contributed by atoms with Gasteiger partial charge in [-0.1, -0.05) is 32.9 Å². The van der Waals surface area contributed by atoms with Crippen molar-refractivity contribution >= 4 is 0 Å². The summed E-state index contributed by atoms with van der Waals surface area (Å²) in [4.78, 5) is 2.39. The quantitative estimate of drug-likeness (QED) is 0.922. The molecule has 6 heteroatoms. The van der Waals surface area contributed by atoms with E-state index >= 15 is 0 Å². The Morgan fingerprint density at radius 1 is 1.05 bits per heavy atom. The number of hydrogen-bond acceptors (Lipinski definition) is 3. The third-order valence-electron chi connectivity index (χ3n) is 3.77. The standard InChI is InChI=1S/C16H23F3N2O/c1-15(2,3)14(21-10-8-20-9-11-21)12-4-6-13(7-5-12)22-16(17,18)19/h4-7,14,20H,8-11H2,1-3H3/t14-/m1/s1. The maximum atomic E-state index is 12.2. The van der Waals surface area contributed by atoms with Crippen molar-refractivity contribution in [3.63, 3.8) is 0 Å². The zero-order valence-electron chi connectivity index (χ0n) is 13.2. The van der Waals surface area contributed by atoms with E-state index in [1.165, 1.54) is 12.1 Å². The van der Waals surface area contributed by atoms with Crippen LogP contribution in [0.25, 0.3) is 0 Å². The van der Waals surface area contributed by atoms with E-state index in [0.717, 1.165) is 31.7 Å². The molecule has 0 amide bonds. The van der Waals surface area contributed by atoms with Crippen LogP contribution in [-0.2, 0) is 0 Å². The molecule has 1 fully saturated rings. The molecule has 1 aromatic carbocycles. The molecule has 1 saturated heterocycles. The molecule has 0 aromatic heterocycles. The van der Waals surface area contributed by atoms with E-state index in [4.69, 9.17) is 0 Å². The van der Waals surface area contributed by atoms with Crippen molar-refractivity contribution in [1.29, 1.82) is 0 Å². The van der Waals surface area contributed by atoms with E-state index in [1.807, 2.05) is 0 Å². The zero-order chi connectivity index (χ0) is 16.4. The monoisotopic (exact) mass is 316 g/mol. The molecule has 0 aliphatic carbocycles. The van der Waals surface area contributed by atoms with Gasteiger partial charge in [-0.2, -0.15) is 0 Å². The molecule has 1 N–H and O–H groups in total. The van der Waals surface area contributed by atoms with Crippen molar-refractivity contribution in [1.82, 2.24) is 10.2 Å². The van der Waals surface area contributed by atoms with Crippen LogP contribution in [0.5, 0.6) is 5.75 Å². The summed E-state index contributed by atoms with van der Waals surface area (Å²) < 4.78 is 40.7. The number of alkyl halides is 3. The van der Waals surface area contributed by atoms with Gasteiger partial charge < -0.3 is 10.1 Å². The normalized spacial score (nSPS) is 19.0. The molecule has 0 spiro atoms. The van der Waals surface area contributed by atoms with Gasteiger partial charge in [0, 0.05) is 32.2 Å². The molecule has 22 heavy (non-hydrogen) atoms. The smallest absolute Gasteiger partial charge is 0.406 e. The Hall–Kier alpha value is -1.27. The highest BCUT2D eigenvalue weighted by atomic mass is 19.4. The predicted octanol–water partition coefficient (Wildman–Crippen LogP) is 3.58. The fraction of sp³-hybridized carbons (Fsp3) is 0.625. The molecule has 3 nitrogen and oxygen atoms in total. The first-order valence-corrected chi connectivity index (χ1v) is 7.47. The van der Waals surface area contributed by atoms with Crippen LogP contribution >= 0.6 is 0 Å². The number of rotatable bonds is 3. The maximum Gasteiger partial charge on any atom is 0.573 e. The van der Waals surface area contributed by atoms with Crippen molar-refractivity contribution in [3.8, 4) is 5.75 Å². The van der Waals surface area contributed by atoms with Gasteiger partial charge in [-0.05, 0) is 23.1 Å². The molecule has 2 rings (SSSR count). The van der Waals surface area contributed by atoms with Crippen molar-refractivity contribution < 1.29 is 17.9 Å². The van der Waals surface area contributed by atoms with Crippen LogP contribution in [0.2, 0.25) is 0 Å². The van der Waals surface area contributed by atoms with Gasteiger partial charge in [-0.3, -0.25) is 4.90 Å². The summed E-state index contributed by atoms with van der Waals surface area (Å²) in [6, 6.07) is 6.42. The van der Waals surface area contributed by atoms with Gasteiger partial charge in [0.15, 0.2) is 0 Å². The molecule has 0 unspecified atom stereocenters. The first kappa shape index (κ1) is 17.1. The average molecular weight is 316 g/mol. The van der Waals surface area contributed by atoms with Crippen molar-refractivity contribution in [2.75, 3.05) is 26.2 Å². The number of nitrogens with one attached hydrogen (secondary N) is 1. The van der Waals surface area contributed by atoms with Crippen molar-refractivity contribution in [2.45, 2.75) is 33.2 Å². The highest BCUT2D eigenvalue weighted by Gasteiger charge is 2.33. The molecule has 1 aromatic rings. The number of ether oxygens (including phenoxy) is 1. The minimum Gasteiger partial charge on any atom is -0.406 e. The Kier molecular flexibility index (Phi) is 5.02. The SMILES string of the molecule is CC(C)(C)[C@@H](c1ccc(OC(F)(F)F)cc1)N1CCNCC1. The van der Waals surface area contributed by atoms with Crippen LogP contribution in [0.4, 0.5) is 13.2 Å². The largest absolute Gasteiger partial charge is 0.573 e. The van der Waals surface area contributed by atoms with Crippen LogP contribution < -0.4 is 10.1 Å². The third-order valence-corrected chi connectivity index (χ3v) is 3.77. The first-order valence-electron chi connectivity index (χ1n) is 7.47. The highest BCUT2D eigenvalue weighted by molar-refractivity contribution is 5.30. The van der Waals surface area contributed by atoms with E-state index in [-0.39, 0.29) is 17.2 Å². The Morgan fingerprint density at radius 2 is 1.59 bits per heavy atom. The summed E-state index contributed by atoms with van der Waals surface area (Å²) in [7, 11) is 0. The lowest BCUT2D eigenvalue weighted by Gasteiger charge is -2.42. The third kappa shape index (κ3) is 4.61. The molecule has 1 atom stereocenters. The van der Waals surface area contributed by atoms with Crippen LogP contribution in [-0.4, -0.2) is 37.4 Å². The second-order valence-corrected chi connectivity index (χ2v) is 6.67. The Bertz CT molecular complexity index is 474. The van der Waals surface area contributed by atoms with Crippen molar-refractivity contribution in [2.24, 2.45) is 5.41 Å². The summed E-state index contributed by atoms with van der Waals surface area (Å²) in [5, 5.41) is 3.32. The van der Waals surface area contributed by atoms with Gasteiger partial charge in [0.1, 0.15) is 5.75 Å². The topological polar surface area (TPSA) is 24.5 Å². The molecule has 1 aliphatic heterocycles. The van der Waals surface area contributed by atoms with Gasteiger partial charge >= 0.3 is 6.36 Å². The van der Waals surface area contributed by atoms with Crippen LogP contribution in [0, 0.1) is 5.41 Å². The maximum absolute atomic E-state index is 12.2. The van der Waals surface area contributed by atoms with Crippen LogP contribution in [0.3, 0.4) is 0 Å². The molecule has 0 bridgehead atoms. The lowest BCUT2D eigenvalue weighted by Crippen LogP contribution is -2.48. The zero-order valence-corrected chi connectivity index (χ0v) is 13.2. The summed E-state index contributed by atoms with van der Waals surface area (Å²) in [6.07, 6.45) is -4.65. The second kappa shape index (κ2) is 6.46. The Balaban J connectivity index is 2.20.